The second-order valence-corrected chi connectivity index (χ2v) is 6.37. The molecule has 1 aromatic rings. The summed E-state index contributed by atoms with van der Waals surface area (Å²) in [5.74, 6) is -1.03. The second-order valence-electron chi connectivity index (χ2n) is 6.37. The molecule has 0 saturated carbocycles. The van der Waals surface area contributed by atoms with E-state index in [-0.39, 0.29) is 23.5 Å². The minimum absolute atomic E-state index is 0.0556. The molecular weight excluding hydrogens is 320 g/mol. The average molecular weight is 346 g/mol. The summed E-state index contributed by atoms with van der Waals surface area (Å²) in [6.45, 7) is 8.23. The van der Waals surface area contributed by atoms with E-state index in [1.807, 2.05) is 33.8 Å². The van der Waals surface area contributed by atoms with Crippen LogP contribution in [-0.4, -0.2) is 30.8 Å². The molecule has 0 unspecified atom stereocenters. The quantitative estimate of drug-likeness (QED) is 0.436. The molecule has 0 amide bonds. The van der Waals surface area contributed by atoms with Crippen molar-refractivity contribution >= 4 is 17.5 Å². The van der Waals surface area contributed by atoms with E-state index < -0.39 is 11.9 Å². The molecule has 136 valence electrons. The molecule has 5 nitrogen and oxygen atoms in total. The van der Waals surface area contributed by atoms with Crippen LogP contribution >= 0.6 is 0 Å². The number of carboxylic acids is 1. The molecule has 0 aliphatic heterocycles. The summed E-state index contributed by atoms with van der Waals surface area (Å²) in [5, 5.41) is 9.52. The molecule has 25 heavy (non-hydrogen) atoms. The number of allylic oxidation sites excluding steroid dienone is 1. The zero-order valence-electron chi connectivity index (χ0n) is 15.5. The summed E-state index contributed by atoms with van der Waals surface area (Å²) in [7, 11) is 1.24. The van der Waals surface area contributed by atoms with Crippen molar-refractivity contribution in [3.63, 3.8) is 0 Å². The first-order valence-corrected chi connectivity index (χ1v) is 8.17. The van der Waals surface area contributed by atoms with Crippen molar-refractivity contribution in [1.82, 2.24) is 0 Å². The Labute approximate surface area is 149 Å². The number of rotatable bonds is 8. The van der Waals surface area contributed by atoms with Gasteiger partial charge in [0.15, 0.2) is 0 Å². The van der Waals surface area contributed by atoms with E-state index in [1.165, 1.54) is 7.11 Å². The van der Waals surface area contributed by atoms with Gasteiger partial charge in [-0.1, -0.05) is 31.6 Å². The highest BCUT2D eigenvalue weighted by molar-refractivity contribution is 6.22. The fourth-order valence-electron chi connectivity index (χ4n) is 2.24. The third kappa shape index (κ3) is 6.45. The van der Waals surface area contributed by atoms with E-state index in [0.29, 0.717) is 17.9 Å². The lowest BCUT2D eigenvalue weighted by atomic mass is 9.93. The van der Waals surface area contributed by atoms with E-state index >= 15 is 0 Å². The summed E-state index contributed by atoms with van der Waals surface area (Å²) in [5.41, 5.74) is 1.80. The van der Waals surface area contributed by atoms with Crippen LogP contribution in [0.5, 0.6) is 5.75 Å². The molecule has 1 N–H and O–H groups in total. The number of hydrogen-bond donors (Lipinski definition) is 1. The van der Waals surface area contributed by atoms with Gasteiger partial charge in [-0.05, 0) is 50.0 Å². The maximum absolute atomic E-state index is 12.2. The van der Waals surface area contributed by atoms with Gasteiger partial charge in [0.25, 0.3) is 0 Å². The first-order valence-electron chi connectivity index (χ1n) is 8.17. The van der Waals surface area contributed by atoms with Crippen LogP contribution in [0.3, 0.4) is 0 Å². The van der Waals surface area contributed by atoms with Crippen LogP contribution in [0, 0.1) is 5.92 Å². The van der Waals surface area contributed by atoms with E-state index in [2.05, 4.69) is 0 Å². The van der Waals surface area contributed by atoms with Gasteiger partial charge in [-0.2, -0.15) is 0 Å². The fraction of sp³-hybridized carbons (Fsp3) is 0.400. The molecule has 1 rings (SSSR count). The van der Waals surface area contributed by atoms with Crippen LogP contribution in [0.25, 0.3) is 5.57 Å². The van der Waals surface area contributed by atoms with Crippen LogP contribution in [0.4, 0.5) is 0 Å². The molecule has 0 radical (unpaired) electrons. The molecule has 0 spiro atoms. The molecule has 0 fully saturated rings. The van der Waals surface area contributed by atoms with Crippen LogP contribution < -0.4 is 4.74 Å². The smallest absolute Gasteiger partial charge is 0.339 e. The van der Waals surface area contributed by atoms with Crippen LogP contribution in [0.1, 0.15) is 39.7 Å². The first kappa shape index (κ1) is 20.5. The summed E-state index contributed by atoms with van der Waals surface area (Å²) >= 11 is 0. The number of ether oxygens (including phenoxy) is 2. The van der Waals surface area contributed by atoms with Crippen molar-refractivity contribution < 1.29 is 24.2 Å². The van der Waals surface area contributed by atoms with Gasteiger partial charge in [-0.3, -0.25) is 0 Å². The van der Waals surface area contributed by atoms with Crippen LogP contribution in [0.15, 0.2) is 41.5 Å². The van der Waals surface area contributed by atoms with Crippen molar-refractivity contribution in [2.45, 2.75) is 34.1 Å². The zero-order valence-corrected chi connectivity index (χ0v) is 15.5. The third-order valence-corrected chi connectivity index (χ3v) is 3.45. The van der Waals surface area contributed by atoms with Gasteiger partial charge in [-0.25, -0.2) is 9.59 Å². The highest BCUT2D eigenvalue weighted by Crippen LogP contribution is 2.27. The number of carbonyl (C=O) groups excluding carboxylic acids is 1. The zero-order chi connectivity index (χ0) is 19.0. The summed E-state index contributed by atoms with van der Waals surface area (Å²) in [4.78, 5) is 23.8. The molecule has 0 atom stereocenters. The Morgan fingerprint density at radius 3 is 2.20 bits per heavy atom. The number of esters is 1. The number of methoxy groups -OCH3 is 1. The molecule has 0 aromatic heterocycles. The number of carbonyl (C=O) groups is 2. The van der Waals surface area contributed by atoms with Crippen molar-refractivity contribution in [2.24, 2.45) is 5.92 Å². The standard InChI is InChI=1S/C20H26O5/c1-13(2)10-11-25-16-8-6-15(7-9-16)18(20(23)24-5)17(19(21)22)12-14(3)4/h6-10,14H,11-12H2,1-5H3,(H,21,22). The van der Waals surface area contributed by atoms with Crippen molar-refractivity contribution in [2.75, 3.05) is 13.7 Å². The second kappa shape index (κ2) is 9.67. The summed E-state index contributed by atoms with van der Waals surface area (Å²) in [6.07, 6.45) is 2.23. The normalized spacial score (nSPS) is 11.6. The van der Waals surface area contributed by atoms with Crippen molar-refractivity contribution in [3.05, 3.63) is 47.1 Å². The van der Waals surface area contributed by atoms with E-state index in [0.717, 1.165) is 5.57 Å². The highest BCUT2D eigenvalue weighted by atomic mass is 16.5. The Balaban J connectivity index is 3.21. The minimum atomic E-state index is -1.11. The Morgan fingerprint density at radius 1 is 1.16 bits per heavy atom. The van der Waals surface area contributed by atoms with Gasteiger partial charge in [-0.15, -0.1) is 0 Å². The highest BCUT2D eigenvalue weighted by Gasteiger charge is 2.23. The third-order valence-electron chi connectivity index (χ3n) is 3.45. The lowest BCUT2D eigenvalue weighted by Gasteiger charge is -2.13. The molecular formula is C20H26O5. The number of carboxylic acid groups (broad SMARTS) is 1. The van der Waals surface area contributed by atoms with Gasteiger partial charge in [0.05, 0.1) is 18.3 Å². The first-order chi connectivity index (χ1) is 11.8. The number of aliphatic carboxylic acids is 1. The maximum Gasteiger partial charge on any atom is 0.339 e. The summed E-state index contributed by atoms with van der Waals surface area (Å²) in [6, 6.07) is 6.78. The van der Waals surface area contributed by atoms with E-state index in [4.69, 9.17) is 9.47 Å². The Kier molecular flexibility index (Phi) is 7.92. The Hall–Kier alpha value is -2.56. The maximum atomic E-state index is 12.2. The lowest BCUT2D eigenvalue weighted by molar-refractivity contribution is -0.136. The summed E-state index contributed by atoms with van der Waals surface area (Å²) < 4.78 is 10.4. The Bertz CT molecular complexity index is 662. The fourth-order valence-corrected chi connectivity index (χ4v) is 2.24. The largest absolute Gasteiger partial charge is 0.490 e. The van der Waals surface area contributed by atoms with E-state index in [9.17, 15) is 14.7 Å². The minimum Gasteiger partial charge on any atom is -0.490 e. The average Bonchev–Trinajstić information content (AvgIpc) is 2.54. The molecule has 0 heterocycles. The predicted octanol–water partition coefficient (Wildman–Crippen LogP) is 4.09. The van der Waals surface area contributed by atoms with Gasteiger partial charge >= 0.3 is 11.9 Å². The molecule has 0 saturated heterocycles. The number of hydrogen-bond acceptors (Lipinski definition) is 4. The lowest BCUT2D eigenvalue weighted by Crippen LogP contribution is -2.14. The van der Waals surface area contributed by atoms with Crippen LogP contribution in [0.2, 0.25) is 0 Å². The molecule has 1 aromatic carbocycles. The SMILES string of the molecule is COC(=O)C(=C(CC(C)C)C(=O)O)c1ccc(OCC=C(C)C)cc1. The molecule has 0 aliphatic rings. The molecule has 5 heteroatoms. The predicted molar refractivity (Wildman–Crippen MR) is 97.4 cm³/mol. The van der Waals surface area contributed by atoms with Gasteiger partial charge in [0.1, 0.15) is 12.4 Å². The van der Waals surface area contributed by atoms with E-state index in [1.54, 1.807) is 24.3 Å². The molecule has 0 bridgehead atoms. The Morgan fingerprint density at radius 2 is 1.76 bits per heavy atom. The number of benzene rings is 1. The van der Waals surface area contributed by atoms with Gasteiger partial charge in [0, 0.05) is 0 Å². The van der Waals surface area contributed by atoms with Gasteiger partial charge < -0.3 is 14.6 Å². The van der Waals surface area contributed by atoms with Crippen molar-refractivity contribution in [3.8, 4) is 5.75 Å². The van der Waals surface area contributed by atoms with Crippen molar-refractivity contribution in [1.29, 1.82) is 0 Å². The topological polar surface area (TPSA) is 72.8 Å². The monoisotopic (exact) mass is 346 g/mol. The van der Waals surface area contributed by atoms with Gasteiger partial charge in [0.2, 0.25) is 0 Å². The van der Waals surface area contributed by atoms with Crippen LogP contribution in [-0.2, 0) is 14.3 Å². The molecule has 0 aliphatic carbocycles.